The fraction of sp³-hybridized carbons (Fsp3) is 0.873. The van der Waals surface area contributed by atoms with Crippen molar-refractivity contribution in [1.29, 1.82) is 0 Å². The summed E-state index contributed by atoms with van der Waals surface area (Å²) < 4.78 is 85.9. The average molecular weight is 2100 g/mol. The highest BCUT2D eigenvalue weighted by Crippen LogP contribution is 2.63. The van der Waals surface area contributed by atoms with E-state index in [4.69, 9.17) is 56.8 Å². The molecule has 9 fully saturated rings. The van der Waals surface area contributed by atoms with Crippen LogP contribution in [0.2, 0.25) is 0 Å². The number of alkyl carbamates (subject to hydrolysis) is 3. The summed E-state index contributed by atoms with van der Waals surface area (Å²) in [7, 11) is 9.26. The molecule has 30 heteroatoms. The summed E-state index contributed by atoms with van der Waals surface area (Å²) >= 11 is 0. The number of hydrogen-bond acceptors (Lipinski definition) is 27. The molecule has 0 aromatic rings. The molecule has 0 radical (unpaired) electrons. The number of methoxy groups -OCH3 is 6. The Morgan fingerprint density at radius 3 is 0.757 bits per heavy atom. The van der Waals surface area contributed by atoms with Gasteiger partial charge >= 0.3 is 36.2 Å². The van der Waals surface area contributed by atoms with E-state index >= 15 is 0 Å². The van der Waals surface area contributed by atoms with Crippen molar-refractivity contribution in [1.82, 2.24) is 31.9 Å². The maximum Gasteiger partial charge on any atom is 0.406 e. The number of epoxide rings is 6. The van der Waals surface area contributed by atoms with E-state index in [2.05, 4.69) is 231 Å². The maximum atomic E-state index is 12.7. The number of esters is 3. The Hall–Kier alpha value is -6.03. The van der Waals surface area contributed by atoms with Crippen LogP contribution in [0.5, 0.6) is 0 Å². The molecular weight excluding hydrogens is 1890 g/mol. The molecule has 3 spiro atoms. The van der Waals surface area contributed by atoms with Crippen LogP contribution in [0, 0.1) is 71.0 Å². The highest BCUT2D eigenvalue weighted by atomic mass is 16.7. The van der Waals surface area contributed by atoms with E-state index in [1.165, 1.54) is 38.0 Å². The van der Waals surface area contributed by atoms with Crippen LogP contribution in [0.4, 0.5) is 14.4 Å². The number of amides is 3. The predicted molar refractivity (Wildman–Crippen MR) is 587 cm³/mol. The predicted octanol–water partition coefficient (Wildman–Crippen LogP) is 22.2. The summed E-state index contributed by atoms with van der Waals surface area (Å²) in [6.45, 7) is 59.8. The molecule has 9 rings (SSSR count). The fourth-order valence-electron chi connectivity index (χ4n) is 21.5. The standard InChI is InChI=1S/3C24H40O5.3C15H30N2O3.CH4/c3*1-8-17(16(4)5)13-20(25)28-18-11-12-24(14-27-24)22(21(18)26-7)23(6)19(29-23)10-9-15(2)3;3*1-13(2)11-16-12-14(18)9-7-5-4-6-8-10-17-15(19)20-3;/h3*9,16-19,21-22H,8,10-14H2,1-7H3;3*13,16H,4-12H2,1-3H3,(H,17,19);1H4/t3*17-,18?,19-,21?,22?,23-,24+;;;;/m111..../s1. The Labute approximate surface area is 896 Å². The molecule has 6 heterocycles. The zero-order valence-corrected chi connectivity index (χ0v) is 97.5. The molecule has 0 aromatic heterocycles. The maximum absolute atomic E-state index is 12.7. The molecule has 9 aliphatic rings. The van der Waals surface area contributed by atoms with Gasteiger partial charge in [-0.3, -0.25) is 28.8 Å². The second kappa shape index (κ2) is 70.5. The van der Waals surface area contributed by atoms with Gasteiger partial charge in [0.1, 0.15) is 87.6 Å². The quantitative estimate of drug-likeness (QED) is 0.0108. The topological polar surface area (TPSA) is 384 Å². The normalized spacial score (nSPS) is 27.4. The van der Waals surface area contributed by atoms with Gasteiger partial charge in [-0.25, -0.2) is 14.4 Å². The molecule has 3 amide bonds. The summed E-state index contributed by atoms with van der Waals surface area (Å²) in [6, 6.07) is 0. The van der Waals surface area contributed by atoms with Crippen LogP contribution >= 0.6 is 0 Å². The lowest BCUT2D eigenvalue weighted by Gasteiger charge is -2.42. The molecule has 6 aliphatic heterocycles. The Kier molecular flexibility index (Phi) is 64.8. The zero-order chi connectivity index (χ0) is 110. The number of rotatable bonds is 63. The van der Waals surface area contributed by atoms with Gasteiger partial charge in [0.05, 0.1) is 96.8 Å². The van der Waals surface area contributed by atoms with Gasteiger partial charge < -0.3 is 103 Å². The van der Waals surface area contributed by atoms with Gasteiger partial charge in [0.15, 0.2) is 0 Å². The molecule has 0 bridgehead atoms. The van der Waals surface area contributed by atoms with Crippen LogP contribution < -0.4 is 31.9 Å². The van der Waals surface area contributed by atoms with Crippen LogP contribution in [0.1, 0.15) is 385 Å². The van der Waals surface area contributed by atoms with Crippen molar-refractivity contribution in [2.24, 2.45) is 71.0 Å². The number of unbranched alkanes of at least 4 members (excludes halogenated alkanes) is 12. The summed E-state index contributed by atoms with van der Waals surface area (Å²) in [5.41, 5.74) is 2.49. The number of carbonyl (C=O) groups is 9. The average Bonchev–Trinajstić information content (AvgIpc) is 1.54. The van der Waals surface area contributed by atoms with Gasteiger partial charge in [-0.1, -0.05) is 223 Å². The first-order valence-electron chi connectivity index (χ1n) is 56.8. The van der Waals surface area contributed by atoms with Gasteiger partial charge in [0.2, 0.25) is 0 Å². The molecule has 860 valence electrons. The summed E-state index contributed by atoms with van der Waals surface area (Å²) in [4.78, 5) is 105. The highest BCUT2D eigenvalue weighted by Gasteiger charge is 2.75. The molecule has 21 atom stereocenters. The van der Waals surface area contributed by atoms with Crippen molar-refractivity contribution < 1.29 is 114 Å². The lowest BCUT2D eigenvalue weighted by atomic mass is 9.68. The summed E-state index contributed by atoms with van der Waals surface area (Å²) in [5, 5.41) is 17.5. The van der Waals surface area contributed by atoms with E-state index in [9.17, 15) is 43.2 Å². The van der Waals surface area contributed by atoms with E-state index < -0.39 is 0 Å². The third kappa shape index (κ3) is 49.4. The van der Waals surface area contributed by atoms with Crippen molar-refractivity contribution in [2.75, 3.05) is 121 Å². The number of allylic oxidation sites excluding steroid dienone is 3. The Morgan fingerprint density at radius 1 is 0.345 bits per heavy atom. The molecule has 6 saturated heterocycles. The number of hydrogen-bond donors (Lipinski definition) is 6. The second-order valence-corrected chi connectivity index (χ2v) is 46.6. The Morgan fingerprint density at radius 2 is 0.568 bits per heavy atom. The largest absolute Gasteiger partial charge is 0.460 e. The first-order valence-corrected chi connectivity index (χ1v) is 56.8. The molecule has 148 heavy (non-hydrogen) atoms. The number of ether oxygens (including phenoxy) is 15. The number of carbonyl (C=O) groups excluding carboxylic acids is 9. The molecule has 0 aromatic carbocycles. The summed E-state index contributed by atoms with van der Waals surface area (Å²) in [6.07, 6.45) is 34.5. The number of ketones is 3. The highest BCUT2D eigenvalue weighted by molar-refractivity contribution is 5.81. The van der Waals surface area contributed by atoms with Crippen molar-refractivity contribution in [3.8, 4) is 0 Å². The number of nitrogens with one attached hydrogen (secondary N) is 6. The van der Waals surface area contributed by atoms with E-state index in [1.807, 2.05) is 0 Å². The third-order valence-corrected chi connectivity index (χ3v) is 31.1. The smallest absolute Gasteiger partial charge is 0.406 e. The van der Waals surface area contributed by atoms with Gasteiger partial charge in [-0.05, 0) is 232 Å². The molecular formula is C118H214N6O24. The summed E-state index contributed by atoms with van der Waals surface area (Å²) in [5.74, 6) is 5.09. The van der Waals surface area contributed by atoms with Gasteiger partial charge in [-0.15, -0.1) is 0 Å². The van der Waals surface area contributed by atoms with Crippen molar-refractivity contribution in [3.05, 3.63) is 34.9 Å². The minimum Gasteiger partial charge on any atom is -0.460 e. The minimum absolute atomic E-state index is 0. The van der Waals surface area contributed by atoms with Gasteiger partial charge in [0, 0.05) is 79.5 Å². The second-order valence-electron chi connectivity index (χ2n) is 46.6. The van der Waals surface area contributed by atoms with Crippen molar-refractivity contribution in [3.63, 3.8) is 0 Å². The van der Waals surface area contributed by atoms with Crippen LogP contribution in [-0.4, -0.2) is 263 Å². The molecule has 3 saturated carbocycles. The van der Waals surface area contributed by atoms with Gasteiger partial charge in [0.25, 0.3) is 0 Å². The number of Topliss-reactive ketones (excluding diaryl/α,β-unsaturated/α-hetero) is 3. The van der Waals surface area contributed by atoms with E-state index in [0.29, 0.717) is 148 Å². The first-order chi connectivity index (χ1) is 69.7. The van der Waals surface area contributed by atoms with Crippen molar-refractivity contribution >= 4 is 53.5 Å². The van der Waals surface area contributed by atoms with E-state index in [1.54, 1.807) is 21.3 Å². The van der Waals surface area contributed by atoms with E-state index in [-0.39, 0.29) is 150 Å². The molecule has 9 unspecified atom stereocenters. The molecule has 3 aliphatic carbocycles. The first kappa shape index (κ1) is 136. The van der Waals surface area contributed by atoms with Gasteiger partial charge in [-0.2, -0.15) is 0 Å². The molecule has 6 N–H and O–H groups in total. The lowest BCUT2D eigenvalue weighted by molar-refractivity contribution is -0.173. The third-order valence-electron chi connectivity index (χ3n) is 31.1. The lowest BCUT2D eigenvalue weighted by Crippen LogP contribution is -2.55. The van der Waals surface area contributed by atoms with Crippen LogP contribution in [0.15, 0.2) is 34.9 Å². The van der Waals surface area contributed by atoms with Crippen LogP contribution in [-0.2, 0) is 99.8 Å². The zero-order valence-electron chi connectivity index (χ0n) is 97.5. The monoisotopic (exact) mass is 2100 g/mol. The van der Waals surface area contributed by atoms with Crippen LogP contribution in [0.25, 0.3) is 0 Å². The Bertz CT molecular complexity index is 3500. The van der Waals surface area contributed by atoms with E-state index in [0.717, 1.165) is 213 Å². The minimum atomic E-state index is -0.371. The fourth-order valence-corrected chi connectivity index (χ4v) is 21.5. The molecule has 30 nitrogen and oxygen atoms in total. The van der Waals surface area contributed by atoms with Crippen molar-refractivity contribution in [2.45, 2.75) is 474 Å². The Balaban J connectivity index is 0.000000460. The SMILES string of the molecule is C.CC[C@H](CC(=O)OC1CC[C@]2(CO2)C([C@]2(C)O[C@@H]2CC=C(C)C)C1OC)C(C)C.CC[C@H](CC(=O)OC1CC[C@]2(CO2)C([C@]2(C)O[C@@H]2CC=C(C)C)C1OC)C(C)C.CC[C@H](CC(=O)OC1CC[C@]2(CO2)C([C@]2(C)O[C@@H]2CC=C(C)C)C1OC)C(C)C.COC(=O)NCCCCCCCC(=O)CNCC(C)C.COC(=O)NCCCCCCCC(=O)CNCC(C)C.COC(=O)NCCCCCCCC(=O)CNCC(C)C. The van der Waals surface area contributed by atoms with Crippen LogP contribution in [0.3, 0.4) is 0 Å².